The molecule has 1 aliphatic rings. The van der Waals surface area contributed by atoms with Crippen molar-refractivity contribution in [3.63, 3.8) is 0 Å². The van der Waals surface area contributed by atoms with E-state index in [1.807, 2.05) is 0 Å². The van der Waals surface area contributed by atoms with Crippen LogP contribution in [0.5, 0.6) is 0 Å². The molecular weight excluding hydrogens is 134 g/mol. The van der Waals surface area contributed by atoms with Gasteiger partial charge >= 0.3 is 0 Å². The van der Waals surface area contributed by atoms with E-state index in [0.29, 0.717) is 0 Å². The molecule has 1 rings (SSSR count). The van der Waals surface area contributed by atoms with Gasteiger partial charge in [0.2, 0.25) is 0 Å². The van der Waals surface area contributed by atoms with Crippen LogP contribution in [-0.4, -0.2) is 12.8 Å². The molecule has 0 aromatic rings. The quantitative estimate of drug-likeness (QED) is 0.461. The van der Waals surface area contributed by atoms with Gasteiger partial charge in [0.05, 0.1) is 0 Å². The van der Waals surface area contributed by atoms with E-state index in [2.05, 4.69) is 25.5 Å². The standard InChI is InChI=1S/C6H12P2/c1-6-3-4-8(2)7-5-6/h3-4,6,8H,5H2,1-2H3/t6-/m1/s1. The smallest absolute Gasteiger partial charge is 0.00470 e. The molecule has 0 aliphatic carbocycles. The second-order valence-corrected chi connectivity index (χ2v) is 7.68. The highest BCUT2D eigenvalue weighted by molar-refractivity contribution is 7.95. The average molecular weight is 146 g/mol. The molecule has 0 spiro atoms. The molecule has 2 heteroatoms. The Bertz CT molecular complexity index is 135. The Balaban J connectivity index is 2.58. The van der Waals surface area contributed by atoms with Gasteiger partial charge in [0.1, 0.15) is 0 Å². The molecule has 1 unspecified atom stereocenters. The first kappa shape index (κ1) is 6.59. The molecule has 1 aliphatic heterocycles. The summed E-state index contributed by atoms with van der Waals surface area (Å²) in [5.41, 5.74) is 0. The lowest BCUT2D eigenvalue weighted by molar-refractivity contribution is 0.847. The second kappa shape index (κ2) is 2.85. The first-order valence-electron chi connectivity index (χ1n) is 2.98. The Morgan fingerprint density at radius 2 is 2.50 bits per heavy atom. The van der Waals surface area contributed by atoms with Crippen molar-refractivity contribution in [1.82, 2.24) is 0 Å². The molecule has 0 radical (unpaired) electrons. The fraction of sp³-hybridized carbons (Fsp3) is 0.667. The van der Waals surface area contributed by atoms with E-state index >= 15 is 0 Å². The van der Waals surface area contributed by atoms with Crippen molar-refractivity contribution in [2.45, 2.75) is 6.92 Å². The second-order valence-electron chi connectivity index (χ2n) is 2.32. The normalized spacial score (nSPS) is 38.8. The van der Waals surface area contributed by atoms with Crippen LogP contribution in [0.1, 0.15) is 6.92 Å². The van der Waals surface area contributed by atoms with Gasteiger partial charge in [-0.15, -0.1) is 7.87 Å². The third-order valence-corrected chi connectivity index (χ3v) is 5.72. The fourth-order valence-corrected chi connectivity index (χ4v) is 4.42. The summed E-state index contributed by atoms with van der Waals surface area (Å²) in [6.45, 7) is 4.66. The summed E-state index contributed by atoms with van der Waals surface area (Å²) >= 11 is 0. The molecule has 0 N–H and O–H groups in total. The van der Waals surface area contributed by atoms with Gasteiger partial charge in [-0.25, -0.2) is 0 Å². The van der Waals surface area contributed by atoms with Gasteiger partial charge in [-0.05, 0) is 18.7 Å². The molecule has 8 heavy (non-hydrogen) atoms. The maximum atomic E-state index is 2.42. The van der Waals surface area contributed by atoms with Crippen LogP contribution in [-0.2, 0) is 0 Å². The average Bonchev–Trinajstić information content (AvgIpc) is 1.77. The fourth-order valence-electron chi connectivity index (χ4n) is 0.705. The van der Waals surface area contributed by atoms with Gasteiger partial charge in [-0.1, -0.05) is 26.0 Å². The van der Waals surface area contributed by atoms with Crippen molar-refractivity contribution in [3.05, 3.63) is 11.9 Å². The Morgan fingerprint density at radius 1 is 1.75 bits per heavy atom. The van der Waals surface area contributed by atoms with Gasteiger partial charge in [-0.2, -0.15) is 0 Å². The third kappa shape index (κ3) is 1.77. The van der Waals surface area contributed by atoms with E-state index in [1.54, 1.807) is 7.87 Å². The van der Waals surface area contributed by atoms with Gasteiger partial charge < -0.3 is 0 Å². The Morgan fingerprint density at radius 3 is 2.88 bits per heavy atom. The van der Waals surface area contributed by atoms with Crippen molar-refractivity contribution >= 4 is 15.1 Å². The molecule has 1 heterocycles. The highest BCUT2D eigenvalue weighted by atomic mass is 31.8. The van der Waals surface area contributed by atoms with Gasteiger partial charge in [0, 0.05) is 0 Å². The summed E-state index contributed by atoms with van der Waals surface area (Å²) in [7, 11) is 1.67. The van der Waals surface area contributed by atoms with E-state index < -0.39 is 0 Å². The molecule has 0 saturated carbocycles. The Kier molecular flexibility index (Phi) is 2.35. The van der Waals surface area contributed by atoms with Crippen molar-refractivity contribution in [2.24, 2.45) is 5.92 Å². The van der Waals surface area contributed by atoms with Gasteiger partial charge in [0.25, 0.3) is 0 Å². The zero-order valence-electron chi connectivity index (χ0n) is 5.39. The SMILES string of the molecule is C[C@@H]1C=C[PH](C)=PC1. The molecule has 0 fully saturated rings. The zero-order valence-corrected chi connectivity index (χ0v) is 7.28. The Labute approximate surface area is 53.4 Å². The molecule has 46 valence electrons. The van der Waals surface area contributed by atoms with Crippen LogP contribution >= 0.6 is 15.1 Å². The molecule has 0 saturated heterocycles. The van der Waals surface area contributed by atoms with Gasteiger partial charge in [0.15, 0.2) is 0 Å². The summed E-state index contributed by atoms with van der Waals surface area (Å²) < 4.78 is 0. The summed E-state index contributed by atoms with van der Waals surface area (Å²) in [6, 6.07) is 0. The topological polar surface area (TPSA) is 0 Å². The molecule has 2 atom stereocenters. The molecule has 0 aromatic heterocycles. The summed E-state index contributed by atoms with van der Waals surface area (Å²) in [5, 5.41) is 0. The van der Waals surface area contributed by atoms with Crippen LogP contribution in [0.4, 0.5) is 0 Å². The van der Waals surface area contributed by atoms with Crippen LogP contribution in [0.15, 0.2) is 11.9 Å². The minimum absolute atomic E-state index is 0.0340. The Hall–Kier alpha value is 0.470. The van der Waals surface area contributed by atoms with Crippen molar-refractivity contribution in [2.75, 3.05) is 12.8 Å². The number of rotatable bonds is 0. The monoisotopic (exact) mass is 146 g/mol. The highest BCUT2D eigenvalue weighted by Crippen LogP contribution is 2.38. The minimum Gasteiger partial charge on any atom is -0.107 e. The van der Waals surface area contributed by atoms with E-state index in [9.17, 15) is 0 Å². The lowest BCUT2D eigenvalue weighted by Crippen LogP contribution is -1.90. The van der Waals surface area contributed by atoms with Crippen LogP contribution < -0.4 is 0 Å². The summed E-state index contributed by atoms with van der Waals surface area (Å²) in [6.07, 6.45) is 3.77. The maximum Gasteiger partial charge on any atom is -0.00470 e. The number of hydrogen-bond donors (Lipinski definition) is 0. The largest absolute Gasteiger partial charge is 0.107 e. The van der Waals surface area contributed by atoms with Crippen molar-refractivity contribution in [1.29, 1.82) is 0 Å². The third-order valence-electron chi connectivity index (χ3n) is 1.29. The lowest BCUT2D eigenvalue weighted by Gasteiger charge is -2.06. The number of allylic oxidation sites excluding steroid dienone is 1. The molecule has 0 nitrogen and oxygen atoms in total. The van der Waals surface area contributed by atoms with E-state index in [1.165, 1.54) is 6.16 Å². The first-order chi connectivity index (χ1) is 3.79. The molecule has 0 bridgehead atoms. The predicted molar refractivity (Wildman–Crippen MR) is 44.3 cm³/mol. The molecule has 0 amide bonds. The van der Waals surface area contributed by atoms with E-state index in [4.69, 9.17) is 0 Å². The van der Waals surface area contributed by atoms with E-state index in [0.717, 1.165) is 5.92 Å². The summed E-state index contributed by atoms with van der Waals surface area (Å²) in [4.78, 5) is 0. The zero-order chi connectivity index (χ0) is 5.98. The predicted octanol–water partition coefficient (Wildman–Crippen LogP) is 2.86. The van der Waals surface area contributed by atoms with Crippen LogP contribution in [0.3, 0.4) is 0 Å². The summed E-state index contributed by atoms with van der Waals surface area (Å²) in [5.74, 6) is 3.27. The number of hydrogen-bond acceptors (Lipinski definition) is 0. The van der Waals surface area contributed by atoms with Gasteiger partial charge in [-0.3, -0.25) is 0 Å². The van der Waals surface area contributed by atoms with Crippen LogP contribution in [0.25, 0.3) is 0 Å². The molecule has 0 aromatic carbocycles. The maximum absolute atomic E-state index is 2.42. The van der Waals surface area contributed by atoms with E-state index in [-0.39, 0.29) is 7.21 Å². The van der Waals surface area contributed by atoms with Crippen molar-refractivity contribution < 1.29 is 0 Å². The molecular formula is C6H12P2. The van der Waals surface area contributed by atoms with Crippen LogP contribution in [0, 0.1) is 5.92 Å². The van der Waals surface area contributed by atoms with Crippen LogP contribution in [0.2, 0.25) is 0 Å². The van der Waals surface area contributed by atoms with Crippen molar-refractivity contribution in [3.8, 4) is 0 Å². The highest BCUT2D eigenvalue weighted by Gasteiger charge is 1.97. The lowest BCUT2D eigenvalue weighted by atomic mass is 10.2. The first-order valence-corrected chi connectivity index (χ1v) is 6.98. The minimum atomic E-state index is -0.0340.